The van der Waals surface area contributed by atoms with Crippen LogP contribution in [0.1, 0.15) is 6.42 Å². The van der Waals surface area contributed by atoms with Crippen LogP contribution in [0.3, 0.4) is 0 Å². The first kappa shape index (κ1) is 18.7. The van der Waals surface area contributed by atoms with Gasteiger partial charge in [0.05, 0.1) is 17.8 Å². The van der Waals surface area contributed by atoms with Gasteiger partial charge in [-0.05, 0) is 31.4 Å². The third-order valence-corrected chi connectivity index (χ3v) is 7.39. The average molecular weight is 430 g/mol. The molecule has 2 unspecified atom stereocenters. The normalized spacial score (nSPS) is 23.8. The fourth-order valence-electron chi connectivity index (χ4n) is 4.54. The lowest BCUT2D eigenvalue weighted by atomic mass is 10.1. The number of benzene rings is 2. The maximum Gasteiger partial charge on any atom is 0.157 e. The lowest BCUT2D eigenvalue weighted by Crippen LogP contribution is -2.35. The fraction of sp³-hybridized carbons (Fsp3) is 0.208. The molecule has 1 aliphatic rings. The van der Waals surface area contributed by atoms with Crippen LogP contribution in [0.15, 0.2) is 60.8 Å². The number of nitrogens with zero attached hydrogens (tertiary/aromatic N) is 3. The molecule has 6 nitrogen and oxygen atoms in total. The summed E-state index contributed by atoms with van der Waals surface area (Å²) in [7, 11) is 0. The molecular weight excluding hydrogens is 408 g/mol. The first-order valence-corrected chi connectivity index (χ1v) is 11.1. The number of fused-ring (bicyclic) bond motifs is 4. The van der Waals surface area contributed by atoms with Crippen LogP contribution in [-0.2, 0) is 0 Å². The van der Waals surface area contributed by atoms with Gasteiger partial charge in [-0.3, -0.25) is 0 Å². The van der Waals surface area contributed by atoms with E-state index < -0.39 is 12.2 Å². The van der Waals surface area contributed by atoms with E-state index >= 15 is 0 Å². The summed E-state index contributed by atoms with van der Waals surface area (Å²) in [5.41, 5.74) is 2.64. The lowest BCUT2D eigenvalue weighted by Gasteiger charge is -2.19. The van der Waals surface area contributed by atoms with Gasteiger partial charge in [0.2, 0.25) is 0 Å². The maximum absolute atomic E-state index is 10.3. The SMILES string of the molecule is [CH2][C@@H]1CC(Nc2ccnc3cc(-c4cccc5c4sc4ccccc45)nn23)C(O)[C@@H]1O. The van der Waals surface area contributed by atoms with E-state index in [9.17, 15) is 10.2 Å². The lowest BCUT2D eigenvalue weighted by molar-refractivity contribution is 0.0256. The molecular formula is C24H21N4O2S. The van der Waals surface area contributed by atoms with Crippen molar-refractivity contribution in [2.45, 2.75) is 24.7 Å². The zero-order chi connectivity index (χ0) is 21.1. The number of hydrogen-bond acceptors (Lipinski definition) is 6. The number of aliphatic hydroxyl groups excluding tert-OH is 2. The van der Waals surface area contributed by atoms with Crippen LogP contribution in [0, 0.1) is 12.8 Å². The van der Waals surface area contributed by atoms with Crippen molar-refractivity contribution in [3.63, 3.8) is 0 Å². The van der Waals surface area contributed by atoms with Crippen molar-refractivity contribution in [1.29, 1.82) is 0 Å². The number of nitrogens with one attached hydrogen (secondary N) is 1. The Balaban J connectivity index is 1.45. The Morgan fingerprint density at radius 2 is 1.87 bits per heavy atom. The Hall–Kier alpha value is -3.00. The standard InChI is InChI=1S/C24H21N4O2S/c1-13-11-18(23(30)22(13)29)26-20-9-10-25-21-12-17(27-28(20)21)16-7-4-6-15-14-5-2-3-8-19(14)31-24(15)16/h2-10,12-13,18,22-23,26,29-30H,1,11H2/t13-,18?,22-,23?/m1/s1. The Bertz CT molecular complexity index is 1430. The highest BCUT2D eigenvalue weighted by Gasteiger charge is 2.39. The van der Waals surface area contributed by atoms with Crippen molar-refractivity contribution in [2.75, 3.05) is 5.32 Å². The molecule has 1 radical (unpaired) electrons. The van der Waals surface area contributed by atoms with Crippen molar-refractivity contribution in [1.82, 2.24) is 14.6 Å². The summed E-state index contributed by atoms with van der Waals surface area (Å²) >= 11 is 1.77. The van der Waals surface area contributed by atoms with Crippen LogP contribution in [0.2, 0.25) is 0 Å². The third kappa shape index (κ3) is 2.92. The average Bonchev–Trinajstić information content (AvgIpc) is 3.45. The monoisotopic (exact) mass is 429 g/mol. The molecule has 5 aromatic rings. The molecule has 6 rings (SSSR count). The van der Waals surface area contributed by atoms with E-state index in [0.717, 1.165) is 22.7 Å². The summed E-state index contributed by atoms with van der Waals surface area (Å²) in [5.74, 6) is 0.522. The van der Waals surface area contributed by atoms with Gasteiger partial charge in [-0.15, -0.1) is 11.3 Å². The Morgan fingerprint density at radius 3 is 2.71 bits per heavy atom. The molecule has 1 aliphatic carbocycles. The molecule has 31 heavy (non-hydrogen) atoms. The molecule has 4 atom stereocenters. The molecule has 7 heteroatoms. The summed E-state index contributed by atoms with van der Waals surface area (Å²) in [6, 6.07) is 18.3. The number of aromatic nitrogens is 3. The fourth-order valence-corrected chi connectivity index (χ4v) is 5.77. The second kappa shape index (κ2) is 7.02. The van der Waals surface area contributed by atoms with E-state index in [-0.39, 0.29) is 12.0 Å². The molecule has 1 saturated carbocycles. The molecule has 0 spiro atoms. The van der Waals surface area contributed by atoms with Crippen molar-refractivity contribution in [3.8, 4) is 11.3 Å². The topological polar surface area (TPSA) is 82.7 Å². The van der Waals surface area contributed by atoms with Crippen LogP contribution in [0.25, 0.3) is 37.1 Å². The summed E-state index contributed by atoms with van der Waals surface area (Å²) in [5, 5.41) is 31.1. The highest BCUT2D eigenvalue weighted by Crippen LogP contribution is 2.39. The number of anilines is 1. The highest BCUT2D eigenvalue weighted by atomic mass is 32.1. The minimum Gasteiger partial charge on any atom is -0.390 e. The number of aliphatic hydroxyl groups is 2. The Kier molecular flexibility index (Phi) is 4.24. The van der Waals surface area contributed by atoms with Gasteiger partial charge < -0.3 is 15.5 Å². The van der Waals surface area contributed by atoms with Crippen molar-refractivity contribution in [2.24, 2.45) is 5.92 Å². The van der Waals surface area contributed by atoms with Crippen molar-refractivity contribution in [3.05, 3.63) is 67.7 Å². The minimum atomic E-state index is -0.868. The number of thiophene rings is 1. The van der Waals surface area contributed by atoms with Gasteiger partial charge in [-0.25, -0.2) is 4.98 Å². The zero-order valence-corrected chi connectivity index (χ0v) is 17.5. The first-order valence-electron chi connectivity index (χ1n) is 10.3. The van der Waals surface area contributed by atoms with Gasteiger partial charge in [0.25, 0.3) is 0 Å². The number of rotatable bonds is 3. The van der Waals surface area contributed by atoms with E-state index in [1.54, 1.807) is 22.0 Å². The van der Waals surface area contributed by atoms with Crippen LogP contribution >= 0.6 is 11.3 Å². The van der Waals surface area contributed by atoms with Crippen molar-refractivity contribution < 1.29 is 10.2 Å². The van der Waals surface area contributed by atoms with Gasteiger partial charge >= 0.3 is 0 Å². The van der Waals surface area contributed by atoms with Gasteiger partial charge in [-0.1, -0.05) is 36.4 Å². The van der Waals surface area contributed by atoms with Crippen molar-refractivity contribution >= 4 is 43.0 Å². The second-order valence-corrected chi connectivity index (χ2v) is 9.19. The largest absolute Gasteiger partial charge is 0.390 e. The molecule has 0 bridgehead atoms. The maximum atomic E-state index is 10.3. The Labute approximate surface area is 182 Å². The summed E-state index contributed by atoms with van der Waals surface area (Å²) in [4.78, 5) is 4.47. The van der Waals surface area contributed by atoms with E-state index in [1.807, 2.05) is 12.1 Å². The minimum absolute atomic E-state index is 0.205. The molecule has 0 amide bonds. The molecule has 3 N–H and O–H groups in total. The summed E-state index contributed by atoms with van der Waals surface area (Å²) in [6.07, 6.45) is 0.617. The van der Waals surface area contributed by atoms with Gasteiger partial charge in [0.15, 0.2) is 5.65 Å². The number of hydrogen-bond donors (Lipinski definition) is 3. The van der Waals surface area contributed by atoms with Gasteiger partial charge in [0.1, 0.15) is 11.9 Å². The van der Waals surface area contributed by atoms with E-state index in [2.05, 4.69) is 59.7 Å². The molecule has 3 heterocycles. The molecule has 0 saturated heterocycles. The van der Waals surface area contributed by atoms with Crippen LogP contribution in [0.4, 0.5) is 5.82 Å². The zero-order valence-electron chi connectivity index (χ0n) is 16.6. The second-order valence-electron chi connectivity index (χ2n) is 8.14. The van der Waals surface area contributed by atoms with E-state index in [4.69, 9.17) is 5.10 Å². The first-order chi connectivity index (χ1) is 15.1. The molecule has 155 valence electrons. The highest BCUT2D eigenvalue weighted by molar-refractivity contribution is 7.26. The van der Waals surface area contributed by atoms with Gasteiger partial charge in [0, 0.05) is 38.0 Å². The summed E-state index contributed by atoms with van der Waals surface area (Å²) < 4.78 is 4.22. The predicted molar refractivity (Wildman–Crippen MR) is 124 cm³/mol. The summed E-state index contributed by atoms with van der Waals surface area (Å²) in [6.45, 7) is 3.93. The van der Waals surface area contributed by atoms with E-state index in [1.165, 1.54) is 20.2 Å². The molecule has 0 aliphatic heterocycles. The van der Waals surface area contributed by atoms with Crippen LogP contribution < -0.4 is 5.32 Å². The molecule has 1 fully saturated rings. The molecule has 2 aromatic carbocycles. The van der Waals surface area contributed by atoms with E-state index in [0.29, 0.717) is 6.42 Å². The van der Waals surface area contributed by atoms with Gasteiger partial charge in [-0.2, -0.15) is 9.61 Å². The smallest absolute Gasteiger partial charge is 0.157 e. The molecule has 3 aromatic heterocycles. The Morgan fingerprint density at radius 1 is 1.03 bits per heavy atom. The van der Waals surface area contributed by atoms with Crippen LogP contribution in [-0.4, -0.2) is 43.1 Å². The predicted octanol–water partition coefficient (Wildman–Crippen LogP) is 4.12. The quantitative estimate of drug-likeness (QED) is 0.402. The van der Waals surface area contributed by atoms with Crippen LogP contribution in [0.5, 0.6) is 0 Å². The third-order valence-electron chi connectivity index (χ3n) is 6.17.